The first-order valence-electron chi connectivity index (χ1n) is 6.66. The molecule has 1 N–H and O–H groups in total. The lowest BCUT2D eigenvalue weighted by molar-refractivity contribution is -0.451. The van der Waals surface area contributed by atoms with E-state index in [4.69, 9.17) is 5.11 Å². The number of halogens is 17. The van der Waals surface area contributed by atoms with Gasteiger partial charge >= 0.3 is 60.0 Å². The van der Waals surface area contributed by atoms with Crippen molar-refractivity contribution in [2.75, 3.05) is 0 Å². The smallest absolute Gasteiger partial charge is 0.449 e. The Balaban J connectivity index is 6.62. The van der Waals surface area contributed by atoms with Gasteiger partial charge in [-0.2, -0.15) is 74.6 Å². The molecule has 0 atom stereocenters. The van der Waals surface area contributed by atoms with Crippen molar-refractivity contribution >= 4 is 12.3 Å². The summed E-state index contributed by atoms with van der Waals surface area (Å²) in [5, 5.41) is 7.80. The van der Waals surface area contributed by atoms with E-state index < -0.39 is 65.9 Å². The van der Waals surface area contributed by atoms with E-state index in [0.29, 0.717) is 0 Å². The quantitative estimate of drug-likeness (QED) is 0.179. The fourth-order valence-electron chi connectivity index (χ4n) is 1.44. The Hall–Kier alpha value is -2.71. The first-order valence-corrected chi connectivity index (χ1v) is 6.66. The molecule has 0 aromatic heterocycles. The van der Waals surface area contributed by atoms with Crippen LogP contribution >= 0.6 is 0 Å². The van der Waals surface area contributed by atoms with Crippen LogP contribution in [0.1, 0.15) is 0 Å². The highest BCUT2D eigenvalue weighted by Crippen LogP contribution is 2.63. The molecule has 0 saturated carbocycles. The number of hydrogen-bond acceptors (Lipinski definition) is 4. The highest BCUT2D eigenvalue weighted by molar-refractivity contribution is 5.76. The predicted molar refractivity (Wildman–Crippen MR) is 60.6 cm³/mol. The van der Waals surface area contributed by atoms with E-state index in [-0.39, 0.29) is 0 Å². The molecule has 33 heavy (non-hydrogen) atoms. The van der Waals surface area contributed by atoms with Crippen molar-refractivity contribution in [1.82, 2.24) is 0 Å². The lowest BCUT2D eigenvalue weighted by Gasteiger charge is -2.41. The normalized spacial score (nSPS) is 15.7. The van der Waals surface area contributed by atoms with E-state index in [1.54, 1.807) is 0 Å². The number of alkyl halides is 15. The Labute approximate surface area is 166 Å². The molecule has 0 aromatic carbocycles. The number of hydrogen-bond donors (Lipinski definition) is 1. The summed E-state index contributed by atoms with van der Waals surface area (Å²) in [4.78, 5) is 20.2. The van der Waals surface area contributed by atoms with Crippen LogP contribution in [0.3, 0.4) is 0 Å². The Morgan fingerprint density at radius 2 is 0.879 bits per heavy atom. The zero-order valence-corrected chi connectivity index (χ0v) is 14.0. The van der Waals surface area contributed by atoms with E-state index in [1.807, 2.05) is 0 Å². The minimum Gasteiger partial charge on any atom is -0.449 e. The number of carboxylic acid groups (broad SMARTS) is 1. The second kappa shape index (κ2) is 8.25. The van der Waals surface area contributed by atoms with Gasteiger partial charge in [0, 0.05) is 0 Å². The molecular formula is C11HF17O5. The first kappa shape index (κ1) is 30.3. The summed E-state index contributed by atoms with van der Waals surface area (Å²) in [7, 11) is 0. The van der Waals surface area contributed by atoms with Gasteiger partial charge in [-0.3, -0.25) is 0 Å². The van der Waals surface area contributed by atoms with Gasteiger partial charge in [-0.25, -0.2) is 9.59 Å². The molecule has 5 nitrogen and oxygen atoms in total. The molecule has 0 spiro atoms. The Bertz CT molecular complexity index is 811. The number of allylic oxidation sites excluding steroid dienone is 1. The summed E-state index contributed by atoms with van der Waals surface area (Å²) in [6.07, 6.45) is -13.7. The van der Waals surface area contributed by atoms with Crippen LogP contribution in [0.15, 0.2) is 11.8 Å². The highest BCUT2D eigenvalue weighted by atomic mass is 19.4. The van der Waals surface area contributed by atoms with Gasteiger partial charge in [-0.05, 0) is 0 Å². The molecule has 22 heteroatoms. The maximum Gasteiger partial charge on any atom is 0.526 e. The van der Waals surface area contributed by atoms with E-state index in [0.717, 1.165) is 0 Å². The van der Waals surface area contributed by atoms with Crippen molar-refractivity contribution in [2.45, 2.75) is 41.7 Å². The van der Waals surface area contributed by atoms with E-state index in [9.17, 15) is 84.2 Å². The molecule has 0 aliphatic heterocycles. The van der Waals surface area contributed by atoms with Crippen LogP contribution in [0.4, 0.5) is 84.2 Å². The second-order valence-electron chi connectivity index (χ2n) is 5.25. The van der Waals surface area contributed by atoms with Crippen molar-refractivity contribution in [1.29, 1.82) is 0 Å². The van der Waals surface area contributed by atoms with E-state index in [1.165, 1.54) is 0 Å². The molecule has 0 rings (SSSR count). The van der Waals surface area contributed by atoms with Crippen molar-refractivity contribution in [3.05, 3.63) is 11.8 Å². The molecule has 0 bridgehead atoms. The van der Waals surface area contributed by atoms with Crippen molar-refractivity contribution < 1.29 is 98.8 Å². The van der Waals surface area contributed by atoms with Gasteiger partial charge in [0.25, 0.3) is 0 Å². The molecule has 0 aliphatic carbocycles. The zero-order valence-electron chi connectivity index (χ0n) is 14.0. The second-order valence-corrected chi connectivity index (χ2v) is 5.25. The predicted octanol–water partition coefficient (Wildman–Crippen LogP) is 6.30. The van der Waals surface area contributed by atoms with Gasteiger partial charge in [0.1, 0.15) is 0 Å². The highest BCUT2D eigenvalue weighted by Gasteiger charge is 2.93. The lowest BCUT2D eigenvalue weighted by Crippen LogP contribution is -2.72. The van der Waals surface area contributed by atoms with Gasteiger partial charge in [0.05, 0.1) is 0 Å². The average Bonchev–Trinajstić information content (AvgIpc) is 2.58. The van der Waals surface area contributed by atoms with Crippen LogP contribution in [0, 0.1) is 0 Å². The van der Waals surface area contributed by atoms with Gasteiger partial charge in [-0.1, -0.05) is 0 Å². The minimum absolute atomic E-state index is 2.50. The summed E-state index contributed by atoms with van der Waals surface area (Å²) in [5.41, 5.74) is 0. The molecule has 0 unspecified atom stereocenters. The molecule has 194 valence electrons. The zero-order chi connectivity index (χ0) is 27.2. The van der Waals surface area contributed by atoms with Crippen molar-refractivity contribution in [3.8, 4) is 0 Å². The fourth-order valence-corrected chi connectivity index (χ4v) is 1.44. The number of ether oxygens (including phenoxy) is 2. The molecule has 0 fully saturated rings. The summed E-state index contributed by atoms with van der Waals surface area (Å²) >= 11 is 0. The van der Waals surface area contributed by atoms with Crippen LogP contribution in [-0.2, 0) is 9.47 Å². The molecule has 0 aliphatic rings. The molecule has 0 radical (unpaired) electrons. The Kier molecular flexibility index (Phi) is 7.58. The number of carbonyl (C=O) groups excluding carboxylic acids is 1. The SMILES string of the molecule is O=C(O)OC(=O)OC(F)=C(F)C(F)(F)C(F)(F)C(F)(F)C(F)(F)C(F)(F)C(F)(F)C(F)(F)F. The average molecular weight is 536 g/mol. The maximum absolute atomic E-state index is 13.3. The third-order valence-electron chi connectivity index (χ3n) is 3.12. The molecule has 0 aromatic rings. The van der Waals surface area contributed by atoms with Crippen LogP contribution < -0.4 is 0 Å². The van der Waals surface area contributed by atoms with Crippen LogP contribution in [0.25, 0.3) is 0 Å². The molecule has 0 saturated heterocycles. The summed E-state index contributed by atoms with van der Waals surface area (Å²) < 4.78 is 224. The molecule has 0 amide bonds. The number of rotatable bonds is 7. The fraction of sp³-hybridized carbons (Fsp3) is 0.636. The lowest BCUT2D eigenvalue weighted by atomic mass is 9.91. The van der Waals surface area contributed by atoms with Crippen LogP contribution in [0.5, 0.6) is 0 Å². The van der Waals surface area contributed by atoms with Gasteiger partial charge < -0.3 is 14.6 Å². The summed E-state index contributed by atoms with van der Waals surface area (Å²) in [6.45, 7) is 0. The number of carbonyl (C=O) groups is 2. The van der Waals surface area contributed by atoms with Crippen molar-refractivity contribution in [3.63, 3.8) is 0 Å². The van der Waals surface area contributed by atoms with Gasteiger partial charge in [0.2, 0.25) is 5.83 Å². The Morgan fingerprint density at radius 1 is 0.545 bits per heavy atom. The maximum atomic E-state index is 13.3. The summed E-state index contributed by atoms with van der Waals surface area (Å²) in [6, 6.07) is -4.13. The summed E-state index contributed by atoms with van der Waals surface area (Å²) in [5.74, 6) is -55.5. The van der Waals surface area contributed by atoms with Crippen LogP contribution in [-0.4, -0.2) is 59.1 Å². The molecular weight excluding hydrogens is 535 g/mol. The minimum atomic E-state index is -8.76. The molecule has 0 heterocycles. The Morgan fingerprint density at radius 3 is 1.21 bits per heavy atom. The monoisotopic (exact) mass is 536 g/mol. The standard InChI is InChI=1S/C11HF17O5/c12-1(2(13)32-4(31)33-3(29)30)5(14,15)6(16,17)7(18,19)8(20,21)9(22,23)10(24,25)11(26,27)28/h(H,29,30). The topological polar surface area (TPSA) is 72.8 Å². The third-order valence-corrected chi connectivity index (χ3v) is 3.12. The van der Waals surface area contributed by atoms with E-state index in [2.05, 4.69) is 9.47 Å². The van der Waals surface area contributed by atoms with Crippen molar-refractivity contribution in [2.24, 2.45) is 0 Å². The van der Waals surface area contributed by atoms with E-state index >= 15 is 0 Å². The van der Waals surface area contributed by atoms with Crippen LogP contribution in [0.2, 0.25) is 0 Å². The largest absolute Gasteiger partial charge is 0.526 e. The third kappa shape index (κ3) is 4.54. The van der Waals surface area contributed by atoms with Gasteiger partial charge in [-0.15, -0.1) is 0 Å². The first-order chi connectivity index (χ1) is 14.1. The van der Waals surface area contributed by atoms with Gasteiger partial charge in [0.15, 0.2) is 0 Å².